The topological polar surface area (TPSA) is 66.0 Å². The third-order valence-electron chi connectivity index (χ3n) is 3.01. The van der Waals surface area contributed by atoms with Crippen molar-refractivity contribution in [1.82, 2.24) is 9.97 Å². The molecule has 0 aliphatic heterocycles. The van der Waals surface area contributed by atoms with Gasteiger partial charge in [0.05, 0.1) is 15.6 Å². The van der Waals surface area contributed by atoms with Crippen LogP contribution in [0.3, 0.4) is 0 Å². The maximum atomic E-state index is 11.0. The Hall–Kier alpha value is -2.04. The Labute approximate surface area is 124 Å². The number of pyridine rings is 1. The van der Waals surface area contributed by atoms with Gasteiger partial charge in [0.2, 0.25) is 0 Å². The molecular formula is C14H8Cl2N2O2. The number of aromatic carboxylic acids is 1. The largest absolute Gasteiger partial charge is 0.478 e. The summed E-state index contributed by atoms with van der Waals surface area (Å²) in [6.45, 7) is 0. The lowest BCUT2D eigenvalue weighted by molar-refractivity contribution is 0.0697. The minimum atomic E-state index is -1.05. The SMILES string of the molecule is O=C(O)c1ccc(-c2c[nH]c3ncc(Cl)cc23)cc1Cl. The van der Waals surface area contributed by atoms with E-state index in [1.807, 2.05) is 0 Å². The number of carbonyl (C=O) groups is 1. The fraction of sp³-hybridized carbons (Fsp3) is 0. The molecule has 3 aromatic rings. The van der Waals surface area contributed by atoms with Gasteiger partial charge in [0, 0.05) is 23.3 Å². The summed E-state index contributed by atoms with van der Waals surface area (Å²) in [5.74, 6) is -1.05. The maximum absolute atomic E-state index is 11.0. The second-order valence-electron chi connectivity index (χ2n) is 4.25. The van der Waals surface area contributed by atoms with Crippen molar-refractivity contribution in [3.63, 3.8) is 0 Å². The number of aromatic amines is 1. The Balaban J connectivity index is 2.18. The van der Waals surface area contributed by atoms with Gasteiger partial charge in [-0.05, 0) is 23.8 Å². The second-order valence-corrected chi connectivity index (χ2v) is 5.10. The highest BCUT2D eigenvalue weighted by molar-refractivity contribution is 6.34. The van der Waals surface area contributed by atoms with Crippen molar-refractivity contribution in [2.45, 2.75) is 0 Å². The number of hydrogen-bond donors (Lipinski definition) is 2. The summed E-state index contributed by atoms with van der Waals surface area (Å²) in [5, 5.41) is 10.6. The first-order chi connectivity index (χ1) is 9.56. The van der Waals surface area contributed by atoms with Gasteiger partial charge in [-0.1, -0.05) is 29.3 Å². The average Bonchev–Trinajstić information content (AvgIpc) is 2.81. The Kier molecular flexibility index (Phi) is 3.12. The number of benzene rings is 1. The minimum absolute atomic E-state index is 0.0754. The van der Waals surface area contributed by atoms with Crippen LogP contribution in [-0.2, 0) is 0 Å². The first-order valence-electron chi connectivity index (χ1n) is 5.72. The van der Waals surface area contributed by atoms with E-state index in [2.05, 4.69) is 9.97 Å². The number of halogens is 2. The molecule has 2 heterocycles. The lowest BCUT2D eigenvalue weighted by atomic mass is 10.0. The Morgan fingerprint density at radius 2 is 2.05 bits per heavy atom. The zero-order valence-corrected chi connectivity index (χ0v) is 11.5. The van der Waals surface area contributed by atoms with E-state index in [0.717, 1.165) is 16.5 Å². The molecule has 0 bridgehead atoms. The normalized spacial score (nSPS) is 10.9. The van der Waals surface area contributed by atoms with E-state index in [1.165, 1.54) is 6.07 Å². The summed E-state index contributed by atoms with van der Waals surface area (Å²) in [7, 11) is 0. The highest BCUT2D eigenvalue weighted by atomic mass is 35.5. The van der Waals surface area contributed by atoms with E-state index < -0.39 is 5.97 Å². The molecule has 2 aromatic heterocycles. The molecule has 0 amide bonds. The number of hydrogen-bond acceptors (Lipinski definition) is 2. The van der Waals surface area contributed by atoms with Gasteiger partial charge in [-0.15, -0.1) is 0 Å². The van der Waals surface area contributed by atoms with Gasteiger partial charge < -0.3 is 10.1 Å². The number of fused-ring (bicyclic) bond motifs is 1. The van der Waals surface area contributed by atoms with Crippen LogP contribution in [0.15, 0.2) is 36.7 Å². The number of aromatic nitrogens is 2. The van der Waals surface area contributed by atoms with Crippen LogP contribution in [-0.4, -0.2) is 21.0 Å². The summed E-state index contributed by atoms with van der Waals surface area (Å²) in [4.78, 5) is 18.2. The molecule has 2 N–H and O–H groups in total. The molecule has 0 radical (unpaired) electrons. The van der Waals surface area contributed by atoms with Crippen molar-refractivity contribution in [3.8, 4) is 11.1 Å². The monoisotopic (exact) mass is 306 g/mol. The Bertz CT molecular complexity index is 827. The van der Waals surface area contributed by atoms with Crippen molar-refractivity contribution in [2.24, 2.45) is 0 Å². The van der Waals surface area contributed by atoms with E-state index in [-0.39, 0.29) is 10.6 Å². The molecule has 0 aliphatic carbocycles. The third-order valence-corrected chi connectivity index (χ3v) is 3.53. The van der Waals surface area contributed by atoms with Crippen LogP contribution >= 0.6 is 23.2 Å². The molecule has 20 heavy (non-hydrogen) atoms. The third kappa shape index (κ3) is 2.13. The molecule has 0 saturated carbocycles. The average molecular weight is 307 g/mol. The lowest BCUT2D eigenvalue weighted by Crippen LogP contribution is -1.96. The maximum Gasteiger partial charge on any atom is 0.337 e. The summed E-state index contributed by atoms with van der Waals surface area (Å²) in [6, 6.07) is 6.61. The molecule has 6 heteroatoms. The minimum Gasteiger partial charge on any atom is -0.478 e. The summed E-state index contributed by atoms with van der Waals surface area (Å²) >= 11 is 11.9. The first kappa shape index (κ1) is 13.0. The van der Waals surface area contributed by atoms with E-state index in [0.29, 0.717) is 10.7 Å². The zero-order valence-electron chi connectivity index (χ0n) is 10.0. The van der Waals surface area contributed by atoms with E-state index in [4.69, 9.17) is 28.3 Å². The van der Waals surface area contributed by atoms with E-state index >= 15 is 0 Å². The number of H-pyrrole nitrogens is 1. The van der Waals surface area contributed by atoms with E-state index in [1.54, 1.807) is 30.6 Å². The van der Waals surface area contributed by atoms with Gasteiger partial charge in [0.25, 0.3) is 0 Å². The van der Waals surface area contributed by atoms with Crippen LogP contribution in [0.5, 0.6) is 0 Å². The molecule has 0 atom stereocenters. The Morgan fingerprint density at radius 1 is 1.25 bits per heavy atom. The number of carboxylic acid groups (broad SMARTS) is 1. The van der Waals surface area contributed by atoms with Gasteiger partial charge in [-0.25, -0.2) is 9.78 Å². The van der Waals surface area contributed by atoms with Gasteiger partial charge in [-0.2, -0.15) is 0 Å². The van der Waals surface area contributed by atoms with Gasteiger partial charge in [0.1, 0.15) is 5.65 Å². The highest BCUT2D eigenvalue weighted by Crippen LogP contribution is 2.31. The number of nitrogens with zero attached hydrogens (tertiary/aromatic N) is 1. The smallest absolute Gasteiger partial charge is 0.337 e. The van der Waals surface area contributed by atoms with Crippen molar-refractivity contribution < 1.29 is 9.90 Å². The molecule has 3 rings (SSSR count). The number of carboxylic acids is 1. The molecule has 0 unspecified atom stereocenters. The van der Waals surface area contributed by atoms with Crippen LogP contribution in [0.25, 0.3) is 22.2 Å². The van der Waals surface area contributed by atoms with Crippen LogP contribution in [0.2, 0.25) is 10.0 Å². The molecule has 0 aliphatic rings. The second kappa shape index (κ2) is 4.81. The predicted octanol–water partition coefficient (Wildman–Crippen LogP) is 4.23. The highest BCUT2D eigenvalue weighted by Gasteiger charge is 2.12. The molecule has 4 nitrogen and oxygen atoms in total. The van der Waals surface area contributed by atoms with Crippen LogP contribution < -0.4 is 0 Å². The fourth-order valence-corrected chi connectivity index (χ4v) is 2.49. The lowest BCUT2D eigenvalue weighted by Gasteiger charge is -2.03. The van der Waals surface area contributed by atoms with Gasteiger partial charge in [-0.3, -0.25) is 0 Å². The van der Waals surface area contributed by atoms with Crippen LogP contribution in [0.4, 0.5) is 0 Å². The predicted molar refractivity (Wildman–Crippen MR) is 78.5 cm³/mol. The molecule has 0 fully saturated rings. The van der Waals surface area contributed by atoms with Crippen molar-refractivity contribution in [3.05, 3.63) is 52.3 Å². The zero-order chi connectivity index (χ0) is 14.3. The van der Waals surface area contributed by atoms with Crippen LogP contribution in [0.1, 0.15) is 10.4 Å². The number of nitrogens with one attached hydrogen (secondary N) is 1. The van der Waals surface area contributed by atoms with Crippen molar-refractivity contribution in [1.29, 1.82) is 0 Å². The van der Waals surface area contributed by atoms with Crippen molar-refractivity contribution >= 4 is 40.2 Å². The van der Waals surface area contributed by atoms with Crippen LogP contribution in [0, 0.1) is 0 Å². The Morgan fingerprint density at radius 3 is 2.75 bits per heavy atom. The van der Waals surface area contributed by atoms with Gasteiger partial charge in [0.15, 0.2) is 0 Å². The quantitative estimate of drug-likeness (QED) is 0.744. The summed E-state index contributed by atoms with van der Waals surface area (Å²) in [5.41, 5.74) is 2.46. The van der Waals surface area contributed by atoms with E-state index in [9.17, 15) is 4.79 Å². The molecular weight excluding hydrogens is 299 g/mol. The summed E-state index contributed by atoms with van der Waals surface area (Å²) < 4.78 is 0. The van der Waals surface area contributed by atoms with Gasteiger partial charge >= 0.3 is 5.97 Å². The molecule has 100 valence electrons. The van der Waals surface area contributed by atoms with Crippen molar-refractivity contribution in [2.75, 3.05) is 0 Å². The standard InChI is InChI=1S/C14H8Cl2N2O2/c15-8-4-10-11(6-18-13(10)17-5-8)7-1-2-9(14(19)20)12(16)3-7/h1-6H,(H,17,18)(H,19,20). The fourth-order valence-electron chi connectivity index (χ4n) is 2.07. The number of rotatable bonds is 2. The molecule has 0 saturated heterocycles. The first-order valence-corrected chi connectivity index (χ1v) is 6.47. The molecule has 0 spiro atoms. The molecule has 1 aromatic carbocycles. The summed E-state index contributed by atoms with van der Waals surface area (Å²) in [6.07, 6.45) is 3.35.